The Morgan fingerprint density at radius 3 is 2.59 bits per heavy atom. The number of halogens is 2. The summed E-state index contributed by atoms with van der Waals surface area (Å²) in [5, 5.41) is 11.1. The zero-order valence-corrected chi connectivity index (χ0v) is 25.2. The lowest BCUT2D eigenvalue weighted by Gasteiger charge is -2.30. The Labute approximate surface area is 252 Å². The highest BCUT2D eigenvalue weighted by Gasteiger charge is 2.52. The first-order chi connectivity index (χ1) is 20.9. The molecule has 0 aromatic carbocycles. The van der Waals surface area contributed by atoms with Gasteiger partial charge in [-0.3, -0.25) is 9.20 Å². The highest BCUT2D eigenvalue weighted by Crippen LogP contribution is 2.40. The van der Waals surface area contributed by atoms with Crippen LogP contribution in [0.25, 0.3) is 28.1 Å². The Hall–Kier alpha value is -3.82. The fourth-order valence-electron chi connectivity index (χ4n) is 6.90. The normalized spacial score (nSPS) is 23.4. The number of piperidine rings is 1. The first-order valence-corrected chi connectivity index (χ1v) is 16.3. The maximum absolute atomic E-state index is 13.8. The molecule has 3 aliphatic rings. The second-order valence-corrected chi connectivity index (χ2v) is 14.0. The summed E-state index contributed by atoms with van der Waals surface area (Å²) in [6, 6.07) is 7.33. The number of rotatable bonds is 8. The van der Waals surface area contributed by atoms with Gasteiger partial charge in [0.25, 0.3) is 5.91 Å². The minimum atomic E-state index is -4.28. The first kappa shape index (κ1) is 28.9. The van der Waals surface area contributed by atoms with Gasteiger partial charge >= 0.3 is 6.55 Å². The molecule has 5 heterocycles. The Balaban J connectivity index is 1.34. The van der Waals surface area contributed by atoms with E-state index in [4.69, 9.17) is 15.5 Å². The Bertz CT molecular complexity index is 1920. The fraction of sp³-hybridized carbons (Fsp3) is 0.483. The van der Waals surface area contributed by atoms with Crippen LogP contribution < -0.4 is 14.8 Å². The predicted octanol–water partition coefficient (Wildman–Crippen LogP) is 2.60. The second kappa shape index (κ2) is 10.1. The Kier molecular flexibility index (Phi) is 6.64. The summed E-state index contributed by atoms with van der Waals surface area (Å²) in [7, 11) is -2.78. The summed E-state index contributed by atoms with van der Waals surface area (Å²) in [5.41, 5.74) is 9.47. The molecule has 0 spiro atoms. The Morgan fingerprint density at radius 2 is 1.98 bits per heavy atom. The lowest BCUT2D eigenvalue weighted by atomic mass is 10.1. The van der Waals surface area contributed by atoms with Gasteiger partial charge in [0.1, 0.15) is 22.8 Å². The van der Waals surface area contributed by atoms with E-state index in [-0.39, 0.29) is 28.0 Å². The quantitative estimate of drug-likeness (QED) is 0.283. The van der Waals surface area contributed by atoms with Crippen LogP contribution in [0.3, 0.4) is 0 Å². The van der Waals surface area contributed by atoms with E-state index in [1.807, 2.05) is 17.6 Å². The number of anilines is 1. The van der Waals surface area contributed by atoms with Crippen molar-refractivity contribution in [3.05, 3.63) is 41.6 Å². The summed E-state index contributed by atoms with van der Waals surface area (Å²) in [6.07, 6.45) is 2.65. The smallest absolute Gasteiger partial charge is 0.329 e. The third-order valence-corrected chi connectivity index (χ3v) is 10.2. The number of nitrogens with two attached hydrogens (primary N) is 1. The van der Waals surface area contributed by atoms with Crippen molar-refractivity contribution in [2.45, 2.75) is 57.5 Å². The van der Waals surface area contributed by atoms with Crippen molar-refractivity contribution in [3.63, 3.8) is 0 Å². The molecule has 2 aliphatic carbocycles. The van der Waals surface area contributed by atoms with Crippen molar-refractivity contribution >= 4 is 38.4 Å². The van der Waals surface area contributed by atoms with Crippen LogP contribution in [0.4, 0.5) is 14.6 Å². The zero-order chi connectivity index (χ0) is 31.2. The molecule has 4 aromatic heterocycles. The molecule has 3 N–H and O–H groups in total. The van der Waals surface area contributed by atoms with Gasteiger partial charge in [0.15, 0.2) is 5.88 Å². The molecule has 4 aromatic rings. The molecule has 1 saturated heterocycles. The molecule has 7 rings (SSSR count). The monoisotopic (exact) mass is 629 g/mol. The van der Waals surface area contributed by atoms with Gasteiger partial charge < -0.3 is 25.0 Å². The van der Waals surface area contributed by atoms with E-state index in [1.165, 1.54) is 13.2 Å². The van der Waals surface area contributed by atoms with Crippen LogP contribution in [-0.4, -0.2) is 87.9 Å². The minimum Gasteiger partial charge on any atom is -0.482 e. The molecule has 0 radical (unpaired) electrons. The lowest BCUT2D eigenvalue weighted by molar-refractivity contribution is 0.0394. The van der Waals surface area contributed by atoms with Gasteiger partial charge in [-0.1, -0.05) is 0 Å². The van der Waals surface area contributed by atoms with Gasteiger partial charge in [0.2, 0.25) is 10.0 Å². The van der Waals surface area contributed by atoms with Gasteiger partial charge in [-0.05, 0) is 62.3 Å². The number of aromatic nitrogens is 4. The lowest BCUT2D eigenvalue weighted by Crippen LogP contribution is -2.48. The number of likely N-dealkylation sites (tertiary alicyclic amines) is 1. The van der Waals surface area contributed by atoms with Crippen LogP contribution in [0.15, 0.2) is 30.3 Å². The van der Waals surface area contributed by atoms with Crippen molar-refractivity contribution < 1.29 is 31.8 Å². The van der Waals surface area contributed by atoms with Gasteiger partial charge in [-0.25, -0.2) is 18.4 Å². The van der Waals surface area contributed by atoms with E-state index >= 15 is 0 Å². The van der Waals surface area contributed by atoms with E-state index in [9.17, 15) is 27.1 Å². The number of methoxy groups -OCH3 is 1. The highest BCUT2D eigenvalue weighted by atomic mass is 32.2. The van der Waals surface area contributed by atoms with Gasteiger partial charge in [0.05, 0.1) is 36.9 Å². The number of carbonyl (C=O) groups is 1. The van der Waals surface area contributed by atoms with Crippen LogP contribution in [-0.2, 0) is 16.6 Å². The summed E-state index contributed by atoms with van der Waals surface area (Å²) in [4.78, 5) is 24.6. The standard InChI is InChI=1S/C29H33F2N7O5S/c1-14-25(19-8-16-6-7-21(38(29(30)31)44(3,41)42)34-27(16)35(19)12-15-4-5-15)33-22-10-17(11-23(43-2)37(14)22)28(40)36-13-18-9-20(39)26(36)24(18)32/h6-8,10-11,15,18,20,24,26,29,39H,4-5,9,12-13,32H2,1-3H3/t18-,20+,24-,26-/m1/s1. The summed E-state index contributed by atoms with van der Waals surface area (Å²) >= 11 is 0. The SMILES string of the molecule is COc1cc(C(=O)N2C[C@H]3C[C@H](O)[C@@H]2[C@@H]3N)cc2nc(-c3cc4ccc(N(C(F)F)S(C)(=O)=O)nc4n3CC3CC3)c(C)n12. The van der Waals surface area contributed by atoms with E-state index in [0.717, 1.165) is 24.8 Å². The number of aliphatic hydroxyl groups excluding tert-OH is 1. The number of alkyl halides is 2. The largest absolute Gasteiger partial charge is 0.482 e. The number of fused-ring (bicyclic) bond motifs is 4. The number of carbonyl (C=O) groups excluding carboxylic acids is 1. The molecule has 2 saturated carbocycles. The molecule has 1 aliphatic heterocycles. The number of amides is 1. The molecule has 3 fully saturated rings. The molecule has 12 nitrogen and oxygen atoms in total. The van der Waals surface area contributed by atoms with E-state index in [0.29, 0.717) is 64.9 Å². The number of pyridine rings is 2. The van der Waals surface area contributed by atoms with Crippen LogP contribution >= 0.6 is 0 Å². The van der Waals surface area contributed by atoms with Crippen molar-refractivity contribution in [1.82, 2.24) is 23.8 Å². The first-order valence-electron chi connectivity index (χ1n) is 14.5. The maximum Gasteiger partial charge on any atom is 0.329 e. The fourth-order valence-corrected chi connectivity index (χ4v) is 7.63. The Morgan fingerprint density at radius 1 is 1.23 bits per heavy atom. The number of sulfonamides is 1. The molecule has 2 bridgehead atoms. The molecule has 15 heteroatoms. The summed E-state index contributed by atoms with van der Waals surface area (Å²) < 4.78 is 61.4. The van der Waals surface area contributed by atoms with Crippen LogP contribution in [0.5, 0.6) is 5.88 Å². The number of hydrogen-bond donors (Lipinski definition) is 2. The second-order valence-electron chi connectivity index (χ2n) is 12.1. The van der Waals surface area contributed by atoms with Gasteiger partial charge in [0, 0.05) is 36.1 Å². The third kappa shape index (κ3) is 4.51. The molecular weight excluding hydrogens is 596 g/mol. The molecule has 44 heavy (non-hydrogen) atoms. The van der Waals surface area contributed by atoms with E-state index in [2.05, 4.69) is 4.98 Å². The van der Waals surface area contributed by atoms with E-state index < -0.39 is 28.7 Å². The summed E-state index contributed by atoms with van der Waals surface area (Å²) in [5.74, 6) is 0.182. The molecule has 4 atom stereocenters. The summed E-state index contributed by atoms with van der Waals surface area (Å²) in [6.45, 7) is -0.390. The van der Waals surface area contributed by atoms with Gasteiger partial charge in [-0.15, -0.1) is 0 Å². The van der Waals surface area contributed by atoms with Crippen molar-refractivity contribution in [3.8, 4) is 17.3 Å². The highest BCUT2D eigenvalue weighted by molar-refractivity contribution is 7.92. The average molecular weight is 630 g/mol. The third-order valence-electron chi connectivity index (χ3n) is 9.17. The van der Waals surface area contributed by atoms with Gasteiger partial charge in [-0.2, -0.15) is 13.1 Å². The van der Waals surface area contributed by atoms with Crippen LogP contribution in [0.2, 0.25) is 0 Å². The molecule has 0 unspecified atom stereocenters. The minimum absolute atomic E-state index is 0.0121. The number of aryl methyl sites for hydroxylation is 1. The van der Waals surface area contributed by atoms with Crippen LogP contribution in [0, 0.1) is 18.8 Å². The zero-order valence-electron chi connectivity index (χ0n) is 24.4. The van der Waals surface area contributed by atoms with Crippen molar-refractivity contribution in [2.75, 3.05) is 24.2 Å². The van der Waals surface area contributed by atoms with E-state index in [1.54, 1.807) is 27.5 Å². The number of hydrogen-bond acceptors (Lipinski definition) is 8. The van der Waals surface area contributed by atoms with Crippen molar-refractivity contribution in [2.24, 2.45) is 17.6 Å². The number of aliphatic hydroxyl groups is 1. The topological polar surface area (TPSA) is 148 Å². The molecular formula is C29H33F2N7O5S. The number of nitrogens with zero attached hydrogens (tertiary/aromatic N) is 6. The molecule has 234 valence electrons. The van der Waals surface area contributed by atoms with Crippen LogP contribution in [0.1, 0.15) is 35.3 Å². The van der Waals surface area contributed by atoms with Crippen molar-refractivity contribution in [1.29, 1.82) is 0 Å². The molecule has 1 amide bonds. The maximum atomic E-state index is 13.8. The number of ether oxygens (including phenoxy) is 1. The average Bonchev–Trinajstić information content (AvgIpc) is 3.41. The predicted molar refractivity (Wildman–Crippen MR) is 158 cm³/mol. The number of imidazole rings is 1.